The smallest absolute Gasteiger partial charge is 0.240 e. The molecule has 0 aromatic heterocycles. The summed E-state index contributed by atoms with van der Waals surface area (Å²) in [4.78, 5) is 0.235. The van der Waals surface area contributed by atoms with Gasteiger partial charge in [0.15, 0.2) is 0 Å². The fourth-order valence-electron chi connectivity index (χ4n) is 2.32. The Morgan fingerprint density at radius 3 is 2.38 bits per heavy atom. The number of sulfonamides is 1. The van der Waals surface area contributed by atoms with Gasteiger partial charge in [-0.15, -0.1) is 0 Å². The van der Waals surface area contributed by atoms with Crippen LogP contribution in [0, 0.1) is 11.3 Å². The van der Waals surface area contributed by atoms with Crippen LogP contribution in [0.25, 0.3) is 0 Å². The molecule has 0 bridgehead atoms. The van der Waals surface area contributed by atoms with Crippen LogP contribution in [0.1, 0.15) is 26.7 Å². The minimum atomic E-state index is -3.48. The molecule has 1 aromatic carbocycles. The molecule has 6 heteroatoms. The van der Waals surface area contributed by atoms with Crippen molar-refractivity contribution < 1.29 is 18.3 Å². The normalized spacial score (nSPS) is 17.0. The second-order valence-electron chi connectivity index (χ2n) is 5.89. The van der Waals surface area contributed by atoms with Crippen molar-refractivity contribution in [3.8, 4) is 5.75 Å². The predicted octanol–water partition coefficient (Wildman–Crippen LogP) is 1.77. The Kier molecular flexibility index (Phi) is 4.91. The second-order valence-corrected chi connectivity index (χ2v) is 7.65. The van der Waals surface area contributed by atoms with Crippen molar-refractivity contribution in [2.45, 2.75) is 31.6 Å². The molecule has 0 amide bonds. The standard InChI is InChI=1S/C15H23NO4S/c1-12(2)15(7-8-15)11-16-21(18,19)14-5-3-13(4-6-14)20-10-9-17/h3-6,12,16-17H,7-11H2,1-2H3. The highest BCUT2D eigenvalue weighted by Crippen LogP contribution is 2.51. The Labute approximate surface area is 126 Å². The van der Waals surface area contributed by atoms with Crippen LogP contribution < -0.4 is 9.46 Å². The largest absolute Gasteiger partial charge is 0.491 e. The number of ether oxygens (including phenoxy) is 1. The molecule has 2 N–H and O–H groups in total. The van der Waals surface area contributed by atoms with E-state index in [1.54, 1.807) is 12.1 Å². The number of hydrogen-bond acceptors (Lipinski definition) is 4. The summed E-state index contributed by atoms with van der Waals surface area (Å²) >= 11 is 0. The molecule has 1 saturated carbocycles. The van der Waals surface area contributed by atoms with Gasteiger partial charge < -0.3 is 9.84 Å². The van der Waals surface area contributed by atoms with Crippen LogP contribution in [0.5, 0.6) is 5.75 Å². The van der Waals surface area contributed by atoms with E-state index in [9.17, 15) is 8.42 Å². The molecule has 1 fully saturated rings. The SMILES string of the molecule is CC(C)C1(CNS(=O)(=O)c2ccc(OCCO)cc2)CC1. The van der Waals surface area contributed by atoms with Crippen molar-refractivity contribution in [3.05, 3.63) is 24.3 Å². The molecule has 0 spiro atoms. The van der Waals surface area contributed by atoms with E-state index in [0.717, 1.165) is 12.8 Å². The lowest BCUT2D eigenvalue weighted by Crippen LogP contribution is -2.32. The quantitative estimate of drug-likeness (QED) is 0.767. The number of aliphatic hydroxyl groups excluding tert-OH is 1. The maximum absolute atomic E-state index is 12.3. The summed E-state index contributed by atoms with van der Waals surface area (Å²) in [6.07, 6.45) is 2.17. The summed E-state index contributed by atoms with van der Waals surface area (Å²) in [7, 11) is -3.48. The zero-order valence-corrected chi connectivity index (χ0v) is 13.3. The Balaban J connectivity index is 1.99. The fourth-order valence-corrected chi connectivity index (χ4v) is 3.46. The molecule has 1 aliphatic carbocycles. The van der Waals surface area contributed by atoms with Gasteiger partial charge in [0.05, 0.1) is 11.5 Å². The molecular weight excluding hydrogens is 290 g/mol. The summed E-state index contributed by atoms with van der Waals surface area (Å²) in [6.45, 7) is 4.89. The first kappa shape index (κ1) is 16.3. The van der Waals surface area contributed by atoms with Crippen LogP contribution in [0.4, 0.5) is 0 Å². The van der Waals surface area contributed by atoms with E-state index in [1.165, 1.54) is 12.1 Å². The second kappa shape index (κ2) is 6.34. The highest BCUT2D eigenvalue weighted by atomic mass is 32.2. The van der Waals surface area contributed by atoms with Crippen molar-refractivity contribution in [2.24, 2.45) is 11.3 Å². The topological polar surface area (TPSA) is 75.6 Å². The first-order valence-electron chi connectivity index (χ1n) is 7.23. The van der Waals surface area contributed by atoms with Gasteiger partial charge in [0.25, 0.3) is 0 Å². The molecule has 0 unspecified atom stereocenters. The van der Waals surface area contributed by atoms with Crippen LogP contribution in [-0.4, -0.2) is 33.3 Å². The summed E-state index contributed by atoms with van der Waals surface area (Å²) in [5, 5.41) is 8.68. The number of rotatable bonds is 8. The molecule has 1 aliphatic rings. The van der Waals surface area contributed by atoms with Crippen LogP contribution in [0.3, 0.4) is 0 Å². The summed E-state index contributed by atoms with van der Waals surface area (Å²) in [6, 6.07) is 6.23. The van der Waals surface area contributed by atoms with Crippen LogP contribution >= 0.6 is 0 Å². The highest BCUT2D eigenvalue weighted by molar-refractivity contribution is 7.89. The monoisotopic (exact) mass is 313 g/mol. The number of aliphatic hydroxyl groups is 1. The fraction of sp³-hybridized carbons (Fsp3) is 0.600. The maximum atomic E-state index is 12.3. The van der Waals surface area contributed by atoms with Crippen LogP contribution in [0.15, 0.2) is 29.2 Å². The van der Waals surface area contributed by atoms with E-state index in [4.69, 9.17) is 9.84 Å². The third-order valence-electron chi connectivity index (χ3n) is 4.23. The molecule has 0 heterocycles. The van der Waals surface area contributed by atoms with Gasteiger partial charge in [-0.2, -0.15) is 0 Å². The molecule has 0 radical (unpaired) electrons. The molecule has 118 valence electrons. The molecule has 0 atom stereocenters. The first-order chi connectivity index (χ1) is 9.89. The molecule has 0 aliphatic heterocycles. The summed E-state index contributed by atoms with van der Waals surface area (Å²) < 4.78 is 32.5. The zero-order chi connectivity index (χ0) is 15.5. The summed E-state index contributed by atoms with van der Waals surface area (Å²) in [5.74, 6) is 1.03. The minimum Gasteiger partial charge on any atom is -0.491 e. The van der Waals surface area contributed by atoms with Crippen molar-refractivity contribution in [3.63, 3.8) is 0 Å². The average molecular weight is 313 g/mol. The lowest BCUT2D eigenvalue weighted by molar-refractivity contribution is 0.201. The number of nitrogens with one attached hydrogen (secondary N) is 1. The van der Waals surface area contributed by atoms with Crippen molar-refractivity contribution in [1.82, 2.24) is 4.72 Å². The van der Waals surface area contributed by atoms with Crippen molar-refractivity contribution >= 4 is 10.0 Å². The minimum absolute atomic E-state index is 0.0705. The highest BCUT2D eigenvalue weighted by Gasteiger charge is 2.45. The predicted molar refractivity (Wildman–Crippen MR) is 80.7 cm³/mol. The molecule has 1 aromatic rings. The van der Waals surface area contributed by atoms with Gasteiger partial charge in [0.1, 0.15) is 12.4 Å². The van der Waals surface area contributed by atoms with Crippen LogP contribution in [-0.2, 0) is 10.0 Å². The number of benzene rings is 1. The summed E-state index contributed by atoms with van der Waals surface area (Å²) in [5.41, 5.74) is 0.136. The Hall–Kier alpha value is -1.11. The van der Waals surface area contributed by atoms with E-state index in [0.29, 0.717) is 18.2 Å². The van der Waals surface area contributed by atoms with Crippen molar-refractivity contribution in [1.29, 1.82) is 0 Å². The van der Waals surface area contributed by atoms with E-state index in [-0.39, 0.29) is 23.5 Å². The molecule has 0 saturated heterocycles. The first-order valence-corrected chi connectivity index (χ1v) is 8.71. The Morgan fingerprint density at radius 1 is 1.29 bits per heavy atom. The van der Waals surface area contributed by atoms with Gasteiger partial charge in [0.2, 0.25) is 10.0 Å². The van der Waals surface area contributed by atoms with E-state index in [2.05, 4.69) is 18.6 Å². The van der Waals surface area contributed by atoms with E-state index >= 15 is 0 Å². The van der Waals surface area contributed by atoms with Crippen LogP contribution in [0.2, 0.25) is 0 Å². The lowest BCUT2D eigenvalue weighted by Gasteiger charge is -2.20. The Bertz CT molecular complexity index is 562. The Morgan fingerprint density at radius 2 is 1.90 bits per heavy atom. The third kappa shape index (κ3) is 3.96. The van der Waals surface area contributed by atoms with E-state index in [1.807, 2.05) is 0 Å². The van der Waals surface area contributed by atoms with Gasteiger partial charge in [-0.05, 0) is 48.4 Å². The molecular formula is C15H23NO4S. The molecule has 21 heavy (non-hydrogen) atoms. The van der Waals surface area contributed by atoms with Gasteiger partial charge in [-0.25, -0.2) is 13.1 Å². The van der Waals surface area contributed by atoms with Crippen molar-refractivity contribution in [2.75, 3.05) is 19.8 Å². The molecule has 2 rings (SSSR count). The van der Waals surface area contributed by atoms with E-state index < -0.39 is 10.0 Å². The average Bonchev–Trinajstić information content (AvgIpc) is 3.25. The van der Waals surface area contributed by atoms with Gasteiger partial charge in [-0.3, -0.25) is 0 Å². The number of hydrogen-bond donors (Lipinski definition) is 2. The lowest BCUT2D eigenvalue weighted by atomic mass is 9.93. The van der Waals surface area contributed by atoms with Gasteiger partial charge in [0, 0.05) is 6.54 Å². The maximum Gasteiger partial charge on any atom is 0.240 e. The van der Waals surface area contributed by atoms with Gasteiger partial charge >= 0.3 is 0 Å². The van der Waals surface area contributed by atoms with Gasteiger partial charge in [-0.1, -0.05) is 13.8 Å². The third-order valence-corrected chi connectivity index (χ3v) is 5.64. The molecule has 5 nitrogen and oxygen atoms in total. The zero-order valence-electron chi connectivity index (χ0n) is 12.5.